The minimum atomic E-state index is -12.3. The Morgan fingerprint density at radius 1 is 0.150 bits per heavy atom. The van der Waals surface area contributed by atoms with Gasteiger partial charge in [-0.1, -0.05) is 0 Å². The molecule has 42 heteroatoms. The Balaban J connectivity index is 10.7. The first kappa shape index (κ1) is 57.1. The van der Waals surface area contributed by atoms with Crippen molar-refractivity contribution in [3.63, 3.8) is 0 Å². The Morgan fingerprint density at radius 3 is 0.417 bits per heavy atom. The van der Waals surface area contributed by atoms with Crippen LogP contribution in [0.15, 0.2) is 0 Å². The van der Waals surface area contributed by atoms with Gasteiger partial charge in [0.05, 0.1) is 0 Å². The Labute approximate surface area is 295 Å². The summed E-state index contributed by atoms with van der Waals surface area (Å²) in [6.07, 6.45) is -47.1. The van der Waals surface area contributed by atoms with Crippen LogP contribution in [0.5, 0.6) is 0 Å². The highest BCUT2D eigenvalue weighted by Crippen LogP contribution is 2.70. The van der Waals surface area contributed by atoms with Crippen LogP contribution >= 0.6 is 0 Å². The number of alkyl halides is 40. The quantitative estimate of drug-likeness (QED) is 0.0972. The third kappa shape index (κ3) is 7.16. The molecule has 362 valence electrons. The summed E-state index contributed by atoms with van der Waals surface area (Å²) >= 11 is 0. The SMILES string of the molecule is FC(F)(F)C(F)(F)C(F)(F)N(C(F)(F)C(F)(F)C(F)(F)F)C(F)(N(C(F)(F)C(F)(F)C(F)(F)F)C(F)(F)C(F)(F)C(F)(F)F)C(F)(F)C(F)(F)C(F)(F)C(F)(F)C(F)(F)F. The van der Waals surface area contributed by atoms with Crippen LogP contribution in [0.25, 0.3) is 0 Å². The molecular formula is C18F40N2. The van der Waals surface area contributed by atoms with Gasteiger partial charge < -0.3 is 0 Å². The molecule has 0 bridgehead atoms. The normalized spacial score (nSPS) is 17.3. The van der Waals surface area contributed by atoms with Crippen LogP contribution in [0.3, 0.4) is 0 Å². The monoisotopic (exact) mass is 1000 g/mol. The maximum atomic E-state index is 16.3. The van der Waals surface area contributed by atoms with E-state index in [1.54, 1.807) is 0 Å². The lowest BCUT2D eigenvalue weighted by atomic mass is 9.91. The van der Waals surface area contributed by atoms with Crippen molar-refractivity contribution in [2.75, 3.05) is 0 Å². The highest BCUT2D eigenvalue weighted by atomic mass is 19.5. The topological polar surface area (TPSA) is 6.48 Å². The maximum absolute atomic E-state index is 16.3. The molecule has 2 nitrogen and oxygen atoms in total. The summed E-state index contributed by atoms with van der Waals surface area (Å²) in [7, 11) is 0. The minimum Gasteiger partial charge on any atom is -0.200 e. The average Bonchev–Trinajstić information content (AvgIpc) is 2.92. The molecule has 0 N–H and O–H groups in total. The van der Waals surface area contributed by atoms with Gasteiger partial charge in [-0.15, -0.1) is 9.80 Å². The van der Waals surface area contributed by atoms with Crippen molar-refractivity contribution in [3.05, 3.63) is 0 Å². The molecule has 60 heavy (non-hydrogen) atoms. The molecule has 0 aliphatic rings. The molecule has 0 spiro atoms. The third-order valence-electron chi connectivity index (χ3n) is 6.59. The molecule has 0 aromatic carbocycles. The lowest BCUT2D eigenvalue weighted by molar-refractivity contribution is -0.569. The second kappa shape index (κ2) is 13.8. The standard InChI is InChI=1S/C18F40N2/c19-1(20,3(23,24)9(35,36)37)2(21,22)4(25,26)18(58,59(14(50,51)5(27,28)10(38,39)40)15(52,53)6(29,30)11(41,42)43)60(16(54,55)7(31,32)12(44,45)46)17(56,57)8(33,34)13(47,48)49. The van der Waals surface area contributed by atoms with Gasteiger partial charge in [0.25, 0.3) is 0 Å². The van der Waals surface area contributed by atoms with Crippen LogP contribution in [0, 0.1) is 0 Å². The molecule has 0 aliphatic carbocycles. The molecule has 0 saturated carbocycles. The molecule has 0 amide bonds. The predicted octanol–water partition coefficient (Wildman–Crippen LogP) is 12.5. The van der Waals surface area contributed by atoms with Gasteiger partial charge in [-0.3, -0.25) is 0 Å². The van der Waals surface area contributed by atoms with E-state index in [9.17, 15) is 162 Å². The Kier molecular flexibility index (Phi) is 13.1. The zero-order chi connectivity index (χ0) is 50.2. The number of hydrogen-bond acceptors (Lipinski definition) is 2. The fourth-order valence-electron chi connectivity index (χ4n) is 3.49. The molecule has 0 rings (SSSR count). The van der Waals surface area contributed by atoms with Gasteiger partial charge >= 0.3 is 108 Å². The molecule has 0 aliphatic heterocycles. The molecule has 0 aromatic heterocycles. The largest absolute Gasteiger partial charge is 0.461 e. The predicted molar refractivity (Wildman–Crippen MR) is 97.2 cm³/mol. The fourth-order valence-corrected chi connectivity index (χ4v) is 3.49. The van der Waals surface area contributed by atoms with Crippen LogP contribution < -0.4 is 0 Å². The van der Waals surface area contributed by atoms with E-state index >= 15 is 13.2 Å². The molecule has 0 unspecified atom stereocenters. The van der Waals surface area contributed by atoms with Gasteiger partial charge in [-0.2, -0.15) is 176 Å². The van der Waals surface area contributed by atoms with Gasteiger partial charge in [0, 0.05) is 0 Å². The van der Waals surface area contributed by atoms with Crippen molar-refractivity contribution < 1.29 is 176 Å². The van der Waals surface area contributed by atoms with Crippen LogP contribution in [-0.4, -0.2) is 118 Å². The Morgan fingerprint density at radius 2 is 0.283 bits per heavy atom. The van der Waals surface area contributed by atoms with Crippen molar-refractivity contribution in [2.24, 2.45) is 0 Å². The Hall–Kier alpha value is -2.88. The summed E-state index contributed by atoms with van der Waals surface area (Å²) in [5.74, 6) is -96.7. The smallest absolute Gasteiger partial charge is 0.200 e. The lowest BCUT2D eigenvalue weighted by Crippen LogP contribution is -2.90. The van der Waals surface area contributed by atoms with Crippen LogP contribution in [0.1, 0.15) is 0 Å². The summed E-state index contributed by atoms with van der Waals surface area (Å²) in [4.78, 5) is -15.0. The molecule has 0 fully saturated rings. The average molecular weight is 1000 g/mol. The third-order valence-corrected chi connectivity index (χ3v) is 6.59. The lowest BCUT2D eigenvalue weighted by Gasteiger charge is -2.58. The van der Waals surface area contributed by atoms with Crippen molar-refractivity contribution in [2.45, 2.75) is 108 Å². The minimum absolute atomic E-state index is 7.51. The van der Waals surface area contributed by atoms with Crippen molar-refractivity contribution in [3.8, 4) is 0 Å². The summed E-state index contributed by atoms with van der Waals surface area (Å²) in [5, 5.41) is 0. The molecule has 0 atom stereocenters. The first-order valence-corrected chi connectivity index (χ1v) is 12.2. The highest BCUT2D eigenvalue weighted by Gasteiger charge is 3.01. The molecule has 0 radical (unpaired) electrons. The maximum Gasteiger partial charge on any atom is 0.461 e. The number of rotatable bonds is 14. The summed E-state index contributed by atoms with van der Waals surface area (Å²) in [5.41, 5.74) is 0. The first-order valence-electron chi connectivity index (χ1n) is 12.2. The van der Waals surface area contributed by atoms with Crippen molar-refractivity contribution in [1.29, 1.82) is 0 Å². The van der Waals surface area contributed by atoms with E-state index in [4.69, 9.17) is 0 Å². The summed E-state index contributed by atoms with van der Waals surface area (Å²) in [6.45, 7) is 0. The van der Waals surface area contributed by atoms with E-state index in [0.29, 0.717) is 0 Å². The van der Waals surface area contributed by atoms with E-state index in [1.807, 2.05) is 0 Å². The number of nitrogens with zero attached hydrogens (tertiary/aromatic N) is 2. The Bertz CT molecular complexity index is 1370. The van der Waals surface area contributed by atoms with Gasteiger partial charge in [0.15, 0.2) is 0 Å². The van der Waals surface area contributed by atoms with Crippen LogP contribution in [-0.2, 0) is 0 Å². The van der Waals surface area contributed by atoms with Crippen LogP contribution in [0.4, 0.5) is 176 Å². The van der Waals surface area contributed by atoms with Gasteiger partial charge in [-0.25, -0.2) is 0 Å². The van der Waals surface area contributed by atoms with E-state index in [1.165, 1.54) is 0 Å². The molecule has 0 aromatic rings. The summed E-state index contributed by atoms with van der Waals surface area (Å²) in [6, 6.07) is -44.3. The first-order chi connectivity index (χ1) is 25.0. The van der Waals surface area contributed by atoms with Gasteiger partial charge in [0.1, 0.15) is 0 Å². The molecular weight excluding hydrogens is 1000 g/mol. The zero-order valence-corrected chi connectivity index (χ0v) is 25.0. The number of hydrogen-bond donors (Lipinski definition) is 0. The second-order valence-electron chi connectivity index (χ2n) is 10.5. The molecule has 0 heterocycles. The summed E-state index contributed by atoms with van der Waals surface area (Å²) < 4.78 is 550. The van der Waals surface area contributed by atoms with Gasteiger partial charge in [-0.05, 0) is 0 Å². The number of halogens is 40. The van der Waals surface area contributed by atoms with Crippen molar-refractivity contribution >= 4 is 0 Å². The molecule has 0 saturated heterocycles. The zero-order valence-electron chi connectivity index (χ0n) is 25.0. The fraction of sp³-hybridized carbons (Fsp3) is 1.00. The van der Waals surface area contributed by atoms with Crippen molar-refractivity contribution in [1.82, 2.24) is 9.80 Å². The van der Waals surface area contributed by atoms with Crippen LogP contribution in [0.2, 0.25) is 0 Å². The van der Waals surface area contributed by atoms with Gasteiger partial charge in [0.2, 0.25) is 0 Å². The van der Waals surface area contributed by atoms with E-state index in [2.05, 4.69) is 0 Å². The van der Waals surface area contributed by atoms with E-state index in [0.717, 1.165) is 0 Å². The van der Waals surface area contributed by atoms with E-state index < -0.39 is 118 Å². The second-order valence-corrected chi connectivity index (χ2v) is 10.5. The highest BCUT2D eigenvalue weighted by molar-refractivity contribution is 5.19. The van der Waals surface area contributed by atoms with E-state index in [-0.39, 0.29) is 0 Å².